The second-order valence-electron chi connectivity index (χ2n) is 12.3. The Morgan fingerprint density at radius 2 is 1.13 bits per heavy atom. The van der Waals surface area contributed by atoms with Gasteiger partial charge in [0.05, 0.1) is 16.9 Å². The summed E-state index contributed by atoms with van der Waals surface area (Å²) in [6.45, 7) is 2.27. The Hall–Kier alpha value is -4.39. The molecule has 0 spiro atoms. The zero-order valence-electron chi connectivity index (χ0n) is 28.2. The number of carboxylic acids is 1. The maximum absolute atomic E-state index is 10.3. The van der Waals surface area contributed by atoms with E-state index in [0.29, 0.717) is 12.3 Å². The number of unbranched alkanes of at least 4 members (excludes halogenated alkanes) is 14. The van der Waals surface area contributed by atoms with Crippen molar-refractivity contribution in [3.8, 4) is 0 Å². The van der Waals surface area contributed by atoms with Crippen molar-refractivity contribution in [3.05, 3.63) is 103 Å². The average molecular weight is 636 g/mol. The van der Waals surface area contributed by atoms with E-state index in [9.17, 15) is 4.79 Å². The maximum Gasteiger partial charge on any atom is 0.303 e. The van der Waals surface area contributed by atoms with Crippen molar-refractivity contribution in [1.82, 2.24) is 10.4 Å². The molecule has 0 unspecified atom stereocenters. The Bertz CT molecular complexity index is 1480. The van der Waals surface area contributed by atoms with Crippen molar-refractivity contribution in [2.24, 2.45) is 5.10 Å². The molecular weight excluding hydrogens is 582 g/mol. The fraction of sp³-hybridized carbons (Fsp3) is 0.425. The largest absolute Gasteiger partial charge is 0.481 e. The third-order valence-corrected chi connectivity index (χ3v) is 8.42. The summed E-state index contributed by atoms with van der Waals surface area (Å²) < 4.78 is 0. The molecule has 2 heterocycles. The number of rotatable bonds is 19. The van der Waals surface area contributed by atoms with Gasteiger partial charge in [0.1, 0.15) is 5.69 Å². The molecule has 0 amide bonds. The second kappa shape index (κ2) is 20.7. The minimum absolute atomic E-state index is 0.345. The normalized spacial score (nSPS) is 12.4. The first-order valence-electron chi connectivity index (χ1n) is 17.8. The van der Waals surface area contributed by atoms with Gasteiger partial charge in [-0.2, -0.15) is 10.2 Å². The number of fused-ring (bicyclic) bond motifs is 1. The first-order valence-corrected chi connectivity index (χ1v) is 17.8. The van der Waals surface area contributed by atoms with Crippen LogP contribution in [0.25, 0.3) is 10.9 Å². The average Bonchev–Trinajstić information content (AvgIpc) is 3.56. The number of hydrazine groups is 2. The Morgan fingerprint density at radius 3 is 1.70 bits per heavy atom. The van der Waals surface area contributed by atoms with Crippen LogP contribution in [0.15, 0.2) is 102 Å². The van der Waals surface area contributed by atoms with Gasteiger partial charge >= 0.3 is 5.97 Å². The maximum atomic E-state index is 10.3. The predicted octanol–water partition coefficient (Wildman–Crippen LogP) is 10.7. The third-order valence-electron chi connectivity index (χ3n) is 8.42. The molecule has 2 N–H and O–H groups in total. The molecule has 5 rings (SSSR count). The van der Waals surface area contributed by atoms with Crippen molar-refractivity contribution in [2.45, 2.75) is 110 Å². The molecule has 0 saturated heterocycles. The minimum Gasteiger partial charge on any atom is -0.481 e. The van der Waals surface area contributed by atoms with Crippen LogP contribution in [0.4, 0.5) is 11.4 Å². The molecule has 7 nitrogen and oxygen atoms in total. The number of aromatic nitrogens is 1. The fourth-order valence-corrected chi connectivity index (χ4v) is 5.74. The highest BCUT2D eigenvalue weighted by molar-refractivity contribution is 6.02. The molecule has 250 valence electrons. The van der Waals surface area contributed by atoms with Gasteiger partial charge in [0.2, 0.25) is 0 Å². The highest BCUT2D eigenvalue weighted by Gasteiger charge is 2.26. The second-order valence-corrected chi connectivity index (χ2v) is 12.3. The van der Waals surface area contributed by atoms with Gasteiger partial charge < -0.3 is 5.11 Å². The molecule has 0 bridgehead atoms. The number of para-hydroxylation sites is 3. The van der Waals surface area contributed by atoms with Crippen LogP contribution < -0.4 is 15.7 Å². The Labute approximate surface area is 281 Å². The molecule has 1 aliphatic rings. The van der Waals surface area contributed by atoms with Crippen molar-refractivity contribution in [1.29, 1.82) is 0 Å². The minimum atomic E-state index is -0.653. The number of amidine groups is 1. The molecule has 0 fully saturated rings. The van der Waals surface area contributed by atoms with Crippen LogP contribution in [-0.4, -0.2) is 21.9 Å². The van der Waals surface area contributed by atoms with Crippen LogP contribution in [0.1, 0.15) is 115 Å². The number of carboxylic acid groups (broad SMARTS) is 1. The number of aliphatic carboxylic acids is 1. The zero-order chi connectivity index (χ0) is 32.9. The first kappa shape index (κ1) is 35.5. The summed E-state index contributed by atoms with van der Waals surface area (Å²) in [7, 11) is 0. The molecule has 0 radical (unpaired) electrons. The Morgan fingerprint density at radius 1 is 0.617 bits per heavy atom. The molecule has 0 aliphatic carbocycles. The lowest BCUT2D eigenvalue weighted by Crippen LogP contribution is -2.44. The number of carbonyl (C=O) groups is 1. The van der Waals surface area contributed by atoms with Crippen LogP contribution in [0.2, 0.25) is 0 Å². The molecule has 1 aliphatic heterocycles. The van der Waals surface area contributed by atoms with Crippen LogP contribution in [0.5, 0.6) is 0 Å². The lowest BCUT2D eigenvalue weighted by atomic mass is 10.0. The molecule has 1 aromatic heterocycles. The SMILES string of the molecule is CCCCCCCCCCCCCCCCCC(=O)O.c1ccc(N2N=C(c3ccc4ccccc4n3)NN2c2ccccc2)cc1. The van der Waals surface area contributed by atoms with E-state index in [2.05, 4.69) is 24.5 Å². The summed E-state index contributed by atoms with van der Waals surface area (Å²) in [5.41, 5.74) is 7.08. The van der Waals surface area contributed by atoms with E-state index in [1.807, 2.05) is 95.2 Å². The van der Waals surface area contributed by atoms with E-state index in [-0.39, 0.29) is 0 Å². The molecule has 7 heteroatoms. The molecule has 47 heavy (non-hydrogen) atoms. The highest BCUT2D eigenvalue weighted by Crippen LogP contribution is 2.25. The van der Waals surface area contributed by atoms with E-state index in [1.54, 1.807) is 0 Å². The van der Waals surface area contributed by atoms with Gasteiger partial charge in [0.25, 0.3) is 0 Å². The number of anilines is 2. The topological polar surface area (TPSA) is 81.1 Å². The number of pyridine rings is 1. The summed E-state index contributed by atoms with van der Waals surface area (Å²) in [5, 5.41) is 18.2. The van der Waals surface area contributed by atoms with E-state index < -0.39 is 5.97 Å². The van der Waals surface area contributed by atoms with Crippen LogP contribution >= 0.6 is 0 Å². The van der Waals surface area contributed by atoms with Gasteiger partial charge in [0, 0.05) is 11.8 Å². The van der Waals surface area contributed by atoms with Crippen molar-refractivity contribution in [2.75, 3.05) is 10.2 Å². The molecule has 0 saturated carbocycles. The number of nitrogens with zero attached hydrogens (tertiary/aromatic N) is 4. The van der Waals surface area contributed by atoms with E-state index in [1.165, 1.54) is 83.5 Å². The van der Waals surface area contributed by atoms with E-state index >= 15 is 0 Å². The Balaban J connectivity index is 0.000000225. The molecule has 0 atom stereocenters. The van der Waals surface area contributed by atoms with Crippen molar-refractivity contribution >= 4 is 34.1 Å². The van der Waals surface area contributed by atoms with Gasteiger partial charge in [-0.25, -0.2) is 4.98 Å². The Kier molecular flexibility index (Phi) is 15.6. The zero-order valence-corrected chi connectivity index (χ0v) is 28.2. The van der Waals surface area contributed by atoms with Crippen molar-refractivity contribution < 1.29 is 9.90 Å². The predicted molar refractivity (Wildman–Crippen MR) is 196 cm³/mol. The number of hydrogen-bond acceptors (Lipinski definition) is 6. The van der Waals surface area contributed by atoms with Crippen LogP contribution in [-0.2, 0) is 4.79 Å². The smallest absolute Gasteiger partial charge is 0.303 e. The number of benzene rings is 3. The van der Waals surface area contributed by atoms with Crippen LogP contribution in [0.3, 0.4) is 0 Å². The standard InChI is InChI=1S/C22H17N5.C18H36O2/c1-3-10-18(11-4-1)26-24-22(25-27(26)19-12-5-2-6-13-19)21-16-15-17-9-7-8-14-20(17)23-21;1-2-3-4-5-6-7-8-9-10-11-12-13-14-15-16-17-18(19)20/h1-16H,(H,24,25);2-17H2,1H3,(H,19,20). The summed E-state index contributed by atoms with van der Waals surface area (Å²) in [6.07, 6.45) is 20.2. The number of hydrazone groups is 1. The molecule has 4 aromatic rings. The summed E-state index contributed by atoms with van der Waals surface area (Å²) >= 11 is 0. The first-order chi connectivity index (χ1) is 23.2. The molecule has 3 aromatic carbocycles. The molecular formula is C40H53N5O2. The fourth-order valence-electron chi connectivity index (χ4n) is 5.74. The lowest BCUT2D eigenvalue weighted by Gasteiger charge is -2.27. The van der Waals surface area contributed by atoms with Crippen LogP contribution in [0, 0.1) is 0 Å². The summed E-state index contributed by atoms with van der Waals surface area (Å²) in [6, 6.07) is 32.3. The quantitative estimate of drug-likeness (QED) is 0.0998. The van der Waals surface area contributed by atoms with Crippen molar-refractivity contribution in [3.63, 3.8) is 0 Å². The van der Waals surface area contributed by atoms with Gasteiger partial charge in [0.15, 0.2) is 5.84 Å². The number of nitrogens with one attached hydrogen (secondary N) is 1. The third kappa shape index (κ3) is 12.4. The highest BCUT2D eigenvalue weighted by atomic mass is 16.4. The van der Waals surface area contributed by atoms with Gasteiger partial charge in [-0.15, -0.1) is 5.10 Å². The van der Waals surface area contributed by atoms with Gasteiger partial charge in [-0.1, -0.05) is 157 Å². The lowest BCUT2D eigenvalue weighted by molar-refractivity contribution is -0.137. The number of hydrogen-bond donors (Lipinski definition) is 2. The monoisotopic (exact) mass is 635 g/mol. The van der Waals surface area contributed by atoms with Gasteiger partial charge in [-0.05, 0) is 42.8 Å². The van der Waals surface area contributed by atoms with E-state index in [0.717, 1.165) is 40.8 Å². The summed E-state index contributed by atoms with van der Waals surface area (Å²) in [5.74, 6) is 0.0492. The van der Waals surface area contributed by atoms with E-state index in [4.69, 9.17) is 15.2 Å². The summed E-state index contributed by atoms with van der Waals surface area (Å²) in [4.78, 5) is 15.1. The van der Waals surface area contributed by atoms with Gasteiger partial charge in [-0.3, -0.25) is 10.2 Å².